The molecule has 0 saturated heterocycles. The first-order valence-electron chi connectivity index (χ1n) is 5.12. The number of allylic oxidation sites excluding steroid dienone is 1. The summed E-state index contributed by atoms with van der Waals surface area (Å²) in [5, 5.41) is 0. The van der Waals surface area contributed by atoms with Crippen LogP contribution in [0.5, 0.6) is 0 Å². The van der Waals surface area contributed by atoms with Gasteiger partial charge in [-0.1, -0.05) is 0 Å². The summed E-state index contributed by atoms with van der Waals surface area (Å²) in [6.07, 6.45) is 2.63. The van der Waals surface area contributed by atoms with Gasteiger partial charge in [0.2, 0.25) is 11.8 Å². The lowest BCUT2D eigenvalue weighted by Gasteiger charge is -2.30. The highest BCUT2D eigenvalue weighted by molar-refractivity contribution is 5.95. The molecule has 16 heavy (non-hydrogen) atoms. The van der Waals surface area contributed by atoms with Crippen molar-refractivity contribution >= 4 is 11.8 Å². The van der Waals surface area contributed by atoms with Crippen LogP contribution in [0.1, 0.15) is 19.8 Å². The molecule has 5 nitrogen and oxygen atoms in total. The number of carbonyl (C=O) groups is 2. The number of hydrogen-bond donors (Lipinski definition) is 2. The van der Waals surface area contributed by atoms with Crippen molar-refractivity contribution in [2.75, 3.05) is 6.61 Å². The van der Waals surface area contributed by atoms with E-state index in [0.29, 0.717) is 24.4 Å². The zero-order valence-corrected chi connectivity index (χ0v) is 9.08. The monoisotopic (exact) mass is 222 g/mol. The Labute approximate surface area is 93.1 Å². The molecule has 0 fully saturated rings. The van der Waals surface area contributed by atoms with Gasteiger partial charge in [-0.2, -0.15) is 0 Å². The van der Waals surface area contributed by atoms with E-state index in [1.165, 1.54) is 0 Å². The van der Waals surface area contributed by atoms with Crippen LogP contribution in [0.3, 0.4) is 0 Å². The first kappa shape index (κ1) is 10.7. The Kier molecular flexibility index (Phi) is 2.26. The van der Waals surface area contributed by atoms with E-state index in [9.17, 15) is 9.59 Å². The summed E-state index contributed by atoms with van der Waals surface area (Å²) in [6, 6.07) is 0. The van der Waals surface area contributed by atoms with Crippen molar-refractivity contribution in [1.82, 2.24) is 0 Å². The standard InChI is InChI=1S/C11H14N2O3/c1-11(10(13)15)5-7(9(12)14)4-6-2-3-16-8(6)11/h4H,2-3,5H2,1H3,(H2,12,14)(H2,13,15). The molecule has 0 aromatic rings. The maximum atomic E-state index is 11.5. The van der Waals surface area contributed by atoms with Crippen LogP contribution in [0, 0.1) is 5.41 Å². The van der Waals surface area contributed by atoms with Gasteiger partial charge in [0.05, 0.1) is 6.61 Å². The first-order valence-corrected chi connectivity index (χ1v) is 5.12. The van der Waals surface area contributed by atoms with Crippen molar-refractivity contribution in [1.29, 1.82) is 0 Å². The largest absolute Gasteiger partial charge is 0.496 e. The van der Waals surface area contributed by atoms with Crippen molar-refractivity contribution < 1.29 is 14.3 Å². The third-order valence-electron chi connectivity index (χ3n) is 3.16. The minimum atomic E-state index is -0.940. The average Bonchev–Trinajstić information content (AvgIpc) is 2.65. The molecule has 1 unspecified atom stereocenters. The topological polar surface area (TPSA) is 95.4 Å². The number of nitrogens with two attached hydrogens (primary N) is 2. The fourth-order valence-corrected chi connectivity index (χ4v) is 2.20. The molecule has 1 aliphatic carbocycles. The van der Waals surface area contributed by atoms with Gasteiger partial charge in [-0.3, -0.25) is 9.59 Å². The van der Waals surface area contributed by atoms with Gasteiger partial charge < -0.3 is 16.2 Å². The summed E-state index contributed by atoms with van der Waals surface area (Å²) in [7, 11) is 0. The van der Waals surface area contributed by atoms with Crippen LogP contribution in [0.4, 0.5) is 0 Å². The molecule has 1 heterocycles. The van der Waals surface area contributed by atoms with Crippen LogP contribution in [-0.4, -0.2) is 18.4 Å². The molecule has 0 aromatic heterocycles. The van der Waals surface area contributed by atoms with Gasteiger partial charge in [-0.25, -0.2) is 0 Å². The van der Waals surface area contributed by atoms with Gasteiger partial charge in [-0.05, 0) is 25.0 Å². The molecule has 4 N–H and O–H groups in total. The van der Waals surface area contributed by atoms with Gasteiger partial charge in [0.15, 0.2) is 0 Å². The normalized spacial score (nSPS) is 28.2. The molecule has 1 aliphatic heterocycles. The van der Waals surface area contributed by atoms with Gasteiger partial charge in [0, 0.05) is 12.0 Å². The van der Waals surface area contributed by atoms with E-state index in [4.69, 9.17) is 16.2 Å². The zero-order chi connectivity index (χ0) is 11.9. The molecule has 2 rings (SSSR count). The Balaban J connectivity index is 2.49. The summed E-state index contributed by atoms with van der Waals surface area (Å²) in [4.78, 5) is 22.7. The van der Waals surface area contributed by atoms with E-state index in [1.807, 2.05) is 0 Å². The van der Waals surface area contributed by atoms with Crippen molar-refractivity contribution in [3.63, 3.8) is 0 Å². The number of hydrogen-bond acceptors (Lipinski definition) is 3. The number of rotatable bonds is 2. The molecule has 0 bridgehead atoms. The lowest BCUT2D eigenvalue weighted by atomic mass is 9.75. The SMILES string of the molecule is CC1(C(N)=O)CC(C(N)=O)=CC2=C1OCC2. The number of primary amides is 2. The molecule has 86 valence electrons. The second-order valence-corrected chi connectivity index (χ2v) is 4.36. The van der Waals surface area contributed by atoms with Crippen LogP contribution in [0.2, 0.25) is 0 Å². The molecular weight excluding hydrogens is 208 g/mol. The van der Waals surface area contributed by atoms with Crippen LogP contribution in [0.25, 0.3) is 0 Å². The van der Waals surface area contributed by atoms with E-state index in [1.54, 1.807) is 13.0 Å². The van der Waals surface area contributed by atoms with E-state index < -0.39 is 17.2 Å². The van der Waals surface area contributed by atoms with Crippen LogP contribution >= 0.6 is 0 Å². The Hall–Kier alpha value is -1.78. The minimum absolute atomic E-state index is 0.219. The molecule has 1 atom stereocenters. The molecular formula is C11H14N2O3. The van der Waals surface area contributed by atoms with Crippen molar-refractivity contribution in [3.05, 3.63) is 23.0 Å². The molecule has 0 radical (unpaired) electrons. The summed E-state index contributed by atoms with van der Waals surface area (Å²) < 4.78 is 5.44. The lowest BCUT2D eigenvalue weighted by Crippen LogP contribution is -2.39. The molecule has 5 heteroatoms. The van der Waals surface area contributed by atoms with Crippen molar-refractivity contribution in [2.45, 2.75) is 19.8 Å². The van der Waals surface area contributed by atoms with Crippen LogP contribution in [-0.2, 0) is 14.3 Å². The highest BCUT2D eigenvalue weighted by atomic mass is 16.5. The number of ether oxygens (including phenoxy) is 1. The Morgan fingerprint density at radius 1 is 1.44 bits per heavy atom. The van der Waals surface area contributed by atoms with Gasteiger partial charge in [0.25, 0.3) is 0 Å². The summed E-state index contributed by atoms with van der Waals surface area (Å²) >= 11 is 0. The van der Waals surface area contributed by atoms with E-state index in [0.717, 1.165) is 5.57 Å². The van der Waals surface area contributed by atoms with Crippen molar-refractivity contribution in [2.24, 2.45) is 16.9 Å². The highest BCUT2D eigenvalue weighted by Gasteiger charge is 2.44. The summed E-state index contributed by atoms with van der Waals surface area (Å²) in [5.41, 5.74) is 11.0. The fraction of sp³-hybridized carbons (Fsp3) is 0.455. The summed E-state index contributed by atoms with van der Waals surface area (Å²) in [5.74, 6) is -0.398. The van der Waals surface area contributed by atoms with Crippen LogP contribution in [0.15, 0.2) is 23.0 Å². The molecule has 0 saturated carbocycles. The highest BCUT2D eigenvalue weighted by Crippen LogP contribution is 2.44. The molecule has 2 amide bonds. The number of carbonyl (C=O) groups excluding carboxylic acids is 2. The predicted octanol–water partition coefficient (Wildman–Crippen LogP) is -0.0322. The molecule has 2 aliphatic rings. The Morgan fingerprint density at radius 2 is 2.12 bits per heavy atom. The zero-order valence-electron chi connectivity index (χ0n) is 9.08. The molecule has 0 aromatic carbocycles. The summed E-state index contributed by atoms with van der Waals surface area (Å²) in [6.45, 7) is 2.21. The third kappa shape index (κ3) is 1.39. The smallest absolute Gasteiger partial charge is 0.244 e. The van der Waals surface area contributed by atoms with Crippen LogP contribution < -0.4 is 11.5 Å². The average molecular weight is 222 g/mol. The first-order chi connectivity index (χ1) is 7.45. The number of amides is 2. The minimum Gasteiger partial charge on any atom is -0.496 e. The maximum absolute atomic E-state index is 11.5. The second-order valence-electron chi connectivity index (χ2n) is 4.36. The predicted molar refractivity (Wildman–Crippen MR) is 56.8 cm³/mol. The Bertz CT molecular complexity index is 437. The Morgan fingerprint density at radius 3 is 2.69 bits per heavy atom. The maximum Gasteiger partial charge on any atom is 0.244 e. The third-order valence-corrected chi connectivity index (χ3v) is 3.16. The van der Waals surface area contributed by atoms with Gasteiger partial charge in [0.1, 0.15) is 11.2 Å². The lowest BCUT2D eigenvalue weighted by molar-refractivity contribution is -0.126. The van der Waals surface area contributed by atoms with Gasteiger partial charge in [-0.15, -0.1) is 0 Å². The van der Waals surface area contributed by atoms with Gasteiger partial charge >= 0.3 is 0 Å². The van der Waals surface area contributed by atoms with E-state index in [2.05, 4.69) is 0 Å². The van der Waals surface area contributed by atoms with E-state index in [-0.39, 0.29) is 6.42 Å². The quantitative estimate of drug-likeness (QED) is 0.686. The van der Waals surface area contributed by atoms with Crippen molar-refractivity contribution in [3.8, 4) is 0 Å². The van der Waals surface area contributed by atoms with E-state index >= 15 is 0 Å². The second kappa shape index (κ2) is 3.37. The molecule has 0 spiro atoms. The fourth-order valence-electron chi connectivity index (χ4n) is 2.20.